The molecule has 0 amide bonds. The van der Waals surface area contributed by atoms with Gasteiger partial charge in [0.25, 0.3) is 0 Å². The molecule has 1 aromatic heterocycles. The van der Waals surface area contributed by atoms with E-state index < -0.39 is 21.7 Å². The summed E-state index contributed by atoms with van der Waals surface area (Å²) in [5.74, 6) is -2.23. The third kappa shape index (κ3) is 2.73. The Balaban J connectivity index is 1.75. The molecule has 6 nitrogen and oxygen atoms in total. The highest BCUT2D eigenvalue weighted by Crippen LogP contribution is 2.26. The number of aromatic nitrogens is 3. The molecule has 2 aromatic rings. The van der Waals surface area contributed by atoms with Gasteiger partial charge < -0.3 is 0 Å². The van der Waals surface area contributed by atoms with Crippen LogP contribution in [0, 0.1) is 11.6 Å². The first-order valence-corrected chi connectivity index (χ1v) is 8.23. The fraction of sp³-hybridized carbons (Fsp3) is 0.385. The van der Waals surface area contributed by atoms with Crippen molar-refractivity contribution in [2.45, 2.75) is 23.8 Å². The normalized spacial score (nSPS) is 17.7. The highest BCUT2D eigenvalue weighted by atomic mass is 32.2. The van der Waals surface area contributed by atoms with E-state index in [2.05, 4.69) is 10.3 Å². The lowest BCUT2D eigenvalue weighted by molar-refractivity contribution is 0.258. The van der Waals surface area contributed by atoms with Gasteiger partial charge in [0.1, 0.15) is 0 Å². The molecular formula is C13H14F2N4O2S. The van der Waals surface area contributed by atoms with Crippen LogP contribution in [0.2, 0.25) is 0 Å². The van der Waals surface area contributed by atoms with Crippen LogP contribution in [0.1, 0.15) is 18.9 Å². The number of piperidine rings is 1. The average molecular weight is 328 g/mol. The van der Waals surface area contributed by atoms with E-state index in [0.29, 0.717) is 32.0 Å². The van der Waals surface area contributed by atoms with Crippen molar-refractivity contribution < 1.29 is 17.2 Å². The Morgan fingerprint density at radius 2 is 1.86 bits per heavy atom. The molecule has 118 valence electrons. The van der Waals surface area contributed by atoms with Crippen molar-refractivity contribution in [2.24, 2.45) is 0 Å². The third-order valence-corrected chi connectivity index (χ3v) is 5.66. The molecule has 0 aliphatic carbocycles. The number of hydrogen-bond acceptors (Lipinski definition) is 4. The minimum Gasteiger partial charge on any atom is -0.249 e. The van der Waals surface area contributed by atoms with Crippen LogP contribution in [-0.4, -0.2) is 40.8 Å². The highest BCUT2D eigenvalue weighted by molar-refractivity contribution is 7.89. The van der Waals surface area contributed by atoms with E-state index >= 15 is 0 Å². The van der Waals surface area contributed by atoms with Gasteiger partial charge in [-0.3, -0.25) is 0 Å². The zero-order chi connectivity index (χ0) is 15.7. The lowest BCUT2D eigenvalue weighted by Gasteiger charge is -2.31. The van der Waals surface area contributed by atoms with Gasteiger partial charge in [0, 0.05) is 19.3 Å². The van der Waals surface area contributed by atoms with Crippen LogP contribution < -0.4 is 0 Å². The van der Waals surface area contributed by atoms with Gasteiger partial charge in [-0.25, -0.2) is 21.9 Å². The second-order valence-corrected chi connectivity index (χ2v) is 7.03. The van der Waals surface area contributed by atoms with Crippen LogP contribution >= 0.6 is 0 Å². The molecule has 0 atom stereocenters. The van der Waals surface area contributed by atoms with Crippen LogP contribution in [0.25, 0.3) is 0 Å². The topological polar surface area (TPSA) is 68.1 Å². The van der Waals surface area contributed by atoms with E-state index in [1.165, 1.54) is 4.31 Å². The predicted molar refractivity (Wildman–Crippen MR) is 73.4 cm³/mol. The summed E-state index contributed by atoms with van der Waals surface area (Å²) in [6.07, 6.45) is 4.49. The molecule has 1 saturated heterocycles. The molecule has 0 saturated carbocycles. The molecule has 0 unspecified atom stereocenters. The Bertz CT molecular complexity index is 756. The zero-order valence-corrected chi connectivity index (χ0v) is 12.4. The van der Waals surface area contributed by atoms with Gasteiger partial charge in [-0.05, 0) is 31.0 Å². The summed E-state index contributed by atoms with van der Waals surface area (Å²) >= 11 is 0. The van der Waals surface area contributed by atoms with E-state index in [9.17, 15) is 17.2 Å². The summed E-state index contributed by atoms with van der Waals surface area (Å²) in [5, 5.41) is 7.65. The summed E-state index contributed by atoms with van der Waals surface area (Å²) in [4.78, 5) is -0.231. The number of hydrogen-bond donors (Lipinski definition) is 0. The molecule has 0 N–H and O–H groups in total. The largest absolute Gasteiger partial charge is 0.249 e. The summed E-state index contributed by atoms with van der Waals surface area (Å²) in [6, 6.07) is 2.72. The molecule has 9 heteroatoms. The highest BCUT2D eigenvalue weighted by Gasteiger charge is 2.30. The molecule has 2 heterocycles. The first-order chi connectivity index (χ1) is 10.5. The van der Waals surface area contributed by atoms with Gasteiger partial charge >= 0.3 is 0 Å². The van der Waals surface area contributed by atoms with Gasteiger partial charge in [0.2, 0.25) is 10.0 Å². The standard InChI is InChI=1S/C13H14F2N4O2S/c14-12-2-1-11(9-13(12)15)22(20,21)18-6-3-10(4-7-18)19-8-5-16-17-19/h1-2,5,8-10H,3-4,6-7H2. The number of sulfonamides is 1. The minimum atomic E-state index is -3.81. The maximum absolute atomic E-state index is 13.2. The van der Waals surface area contributed by atoms with Crippen molar-refractivity contribution in [2.75, 3.05) is 13.1 Å². The number of nitrogens with zero attached hydrogens (tertiary/aromatic N) is 4. The Morgan fingerprint density at radius 1 is 1.14 bits per heavy atom. The average Bonchev–Trinajstić information content (AvgIpc) is 3.04. The van der Waals surface area contributed by atoms with Crippen molar-refractivity contribution in [1.82, 2.24) is 19.3 Å². The molecule has 1 aliphatic rings. The molecule has 3 rings (SSSR count). The fourth-order valence-electron chi connectivity index (χ4n) is 2.55. The predicted octanol–water partition coefficient (Wildman–Crippen LogP) is 1.58. The summed E-state index contributed by atoms with van der Waals surface area (Å²) in [5.41, 5.74) is 0. The Hall–Kier alpha value is -1.87. The lowest BCUT2D eigenvalue weighted by atomic mass is 10.1. The molecule has 0 bridgehead atoms. The van der Waals surface area contributed by atoms with Crippen molar-refractivity contribution in [1.29, 1.82) is 0 Å². The number of benzene rings is 1. The smallest absolute Gasteiger partial charge is 0.243 e. The molecule has 22 heavy (non-hydrogen) atoms. The number of halogens is 2. The van der Waals surface area contributed by atoms with Gasteiger partial charge in [0.05, 0.1) is 17.1 Å². The second kappa shape index (κ2) is 5.73. The molecule has 1 fully saturated rings. The van der Waals surface area contributed by atoms with Gasteiger partial charge in [-0.2, -0.15) is 4.31 Å². The van der Waals surface area contributed by atoms with Gasteiger partial charge in [0.15, 0.2) is 11.6 Å². The van der Waals surface area contributed by atoms with E-state index in [1.807, 2.05) is 0 Å². The Kier molecular flexibility index (Phi) is 3.92. The van der Waals surface area contributed by atoms with E-state index in [1.54, 1.807) is 17.1 Å². The van der Waals surface area contributed by atoms with Crippen molar-refractivity contribution in [3.63, 3.8) is 0 Å². The van der Waals surface area contributed by atoms with Crippen LogP contribution in [0.15, 0.2) is 35.5 Å². The minimum absolute atomic E-state index is 0.0962. The van der Waals surface area contributed by atoms with Crippen LogP contribution in [0.4, 0.5) is 8.78 Å². The first kappa shape index (κ1) is 15.0. The number of rotatable bonds is 3. The molecule has 1 aromatic carbocycles. The molecule has 0 radical (unpaired) electrons. The van der Waals surface area contributed by atoms with Crippen molar-refractivity contribution >= 4 is 10.0 Å². The summed E-state index contributed by atoms with van der Waals surface area (Å²) in [7, 11) is -3.81. The van der Waals surface area contributed by atoms with E-state index in [-0.39, 0.29) is 10.9 Å². The van der Waals surface area contributed by atoms with Crippen LogP contribution in [0.5, 0.6) is 0 Å². The Morgan fingerprint density at radius 3 is 2.45 bits per heavy atom. The monoisotopic (exact) mass is 328 g/mol. The van der Waals surface area contributed by atoms with Crippen molar-refractivity contribution in [3.8, 4) is 0 Å². The quantitative estimate of drug-likeness (QED) is 0.858. The second-order valence-electron chi connectivity index (χ2n) is 5.09. The molecule has 1 aliphatic heterocycles. The third-order valence-electron chi connectivity index (χ3n) is 3.77. The van der Waals surface area contributed by atoms with Gasteiger partial charge in [-0.15, -0.1) is 5.10 Å². The molecule has 0 spiro atoms. The Labute approximate surface area is 126 Å². The van der Waals surface area contributed by atoms with Crippen molar-refractivity contribution in [3.05, 3.63) is 42.2 Å². The SMILES string of the molecule is O=S(=O)(c1ccc(F)c(F)c1)N1CCC(n2ccnn2)CC1. The zero-order valence-electron chi connectivity index (χ0n) is 11.6. The summed E-state index contributed by atoms with van der Waals surface area (Å²) < 4.78 is 54.1. The maximum atomic E-state index is 13.2. The van der Waals surface area contributed by atoms with E-state index in [0.717, 1.165) is 12.1 Å². The molecular weight excluding hydrogens is 314 g/mol. The van der Waals surface area contributed by atoms with Crippen LogP contribution in [0.3, 0.4) is 0 Å². The maximum Gasteiger partial charge on any atom is 0.243 e. The first-order valence-electron chi connectivity index (χ1n) is 6.79. The van der Waals surface area contributed by atoms with Gasteiger partial charge in [-0.1, -0.05) is 5.21 Å². The fourth-order valence-corrected chi connectivity index (χ4v) is 4.03. The van der Waals surface area contributed by atoms with E-state index in [4.69, 9.17) is 0 Å². The van der Waals surface area contributed by atoms with Crippen LogP contribution in [-0.2, 0) is 10.0 Å². The lowest BCUT2D eigenvalue weighted by Crippen LogP contribution is -2.39. The summed E-state index contributed by atoms with van der Waals surface area (Å²) in [6.45, 7) is 0.595.